The average molecular weight is 270 g/mol. The molecule has 0 aromatic heterocycles. The van der Waals surface area contributed by atoms with E-state index in [1.54, 1.807) is 7.11 Å². The standard InChI is InChI=1S/C18H22O2/c1-18(2,3)15-10-7-8-13(15)12-16(19)14-9-5-6-11-17(14)20-4/h5-7,9-11H,8,12H2,1-4H3. The smallest absolute Gasteiger partial charge is 0.170 e. The number of carbonyl (C=O) groups is 1. The van der Waals surface area contributed by atoms with Gasteiger partial charge in [-0.25, -0.2) is 0 Å². The second-order valence-electron chi connectivity index (χ2n) is 6.17. The number of allylic oxidation sites excluding steroid dienone is 4. The summed E-state index contributed by atoms with van der Waals surface area (Å²) in [6.07, 6.45) is 5.66. The van der Waals surface area contributed by atoms with Crippen LogP contribution in [-0.4, -0.2) is 12.9 Å². The van der Waals surface area contributed by atoms with Crippen molar-refractivity contribution in [2.75, 3.05) is 7.11 Å². The van der Waals surface area contributed by atoms with E-state index in [1.165, 1.54) is 11.1 Å². The normalized spacial score (nSPS) is 14.8. The van der Waals surface area contributed by atoms with Crippen LogP contribution < -0.4 is 4.74 Å². The van der Waals surface area contributed by atoms with Crippen molar-refractivity contribution in [3.05, 3.63) is 53.1 Å². The Balaban J connectivity index is 2.25. The Kier molecular flexibility index (Phi) is 4.12. The SMILES string of the molecule is COc1ccccc1C(=O)CC1=C(C(C)(C)C)C=CC1. The summed E-state index contributed by atoms with van der Waals surface area (Å²) in [7, 11) is 1.60. The summed E-state index contributed by atoms with van der Waals surface area (Å²) in [5.41, 5.74) is 3.28. The first kappa shape index (κ1) is 14.6. The molecule has 0 saturated heterocycles. The number of hydrogen-bond acceptors (Lipinski definition) is 2. The molecule has 0 saturated carbocycles. The van der Waals surface area contributed by atoms with Gasteiger partial charge in [0.15, 0.2) is 5.78 Å². The minimum absolute atomic E-state index is 0.0867. The zero-order valence-electron chi connectivity index (χ0n) is 12.7. The molecule has 0 spiro atoms. The summed E-state index contributed by atoms with van der Waals surface area (Å²) < 4.78 is 5.27. The van der Waals surface area contributed by atoms with E-state index in [4.69, 9.17) is 4.74 Å². The Hall–Kier alpha value is -1.83. The van der Waals surface area contributed by atoms with Gasteiger partial charge in [-0.2, -0.15) is 0 Å². The lowest BCUT2D eigenvalue weighted by Gasteiger charge is -2.21. The molecule has 1 aliphatic carbocycles. The van der Waals surface area contributed by atoms with E-state index in [2.05, 4.69) is 32.9 Å². The molecule has 20 heavy (non-hydrogen) atoms. The van der Waals surface area contributed by atoms with Crippen molar-refractivity contribution < 1.29 is 9.53 Å². The lowest BCUT2D eigenvalue weighted by atomic mass is 9.83. The number of rotatable bonds is 4. The fourth-order valence-electron chi connectivity index (χ4n) is 2.66. The molecule has 1 aromatic rings. The molecule has 0 amide bonds. The van der Waals surface area contributed by atoms with Gasteiger partial charge in [-0.05, 0) is 29.5 Å². The third-order valence-corrected chi connectivity index (χ3v) is 3.62. The third-order valence-electron chi connectivity index (χ3n) is 3.62. The van der Waals surface area contributed by atoms with Crippen LogP contribution in [0.5, 0.6) is 5.75 Å². The van der Waals surface area contributed by atoms with Crippen molar-refractivity contribution in [1.82, 2.24) is 0 Å². The van der Waals surface area contributed by atoms with Gasteiger partial charge >= 0.3 is 0 Å². The molecule has 0 unspecified atom stereocenters. The van der Waals surface area contributed by atoms with Crippen LogP contribution in [0.25, 0.3) is 0 Å². The number of Topliss-reactive ketones (excluding diaryl/α,β-unsaturated/α-hetero) is 1. The predicted molar refractivity (Wildman–Crippen MR) is 82.2 cm³/mol. The van der Waals surface area contributed by atoms with Gasteiger partial charge in [0.25, 0.3) is 0 Å². The minimum Gasteiger partial charge on any atom is -0.496 e. The first-order valence-corrected chi connectivity index (χ1v) is 6.98. The fourth-order valence-corrected chi connectivity index (χ4v) is 2.66. The number of carbonyl (C=O) groups excluding carboxylic acids is 1. The van der Waals surface area contributed by atoms with Gasteiger partial charge in [-0.15, -0.1) is 0 Å². The monoisotopic (exact) mass is 270 g/mol. The Bertz CT molecular complexity index is 571. The molecule has 0 heterocycles. The van der Waals surface area contributed by atoms with Gasteiger partial charge in [0.1, 0.15) is 5.75 Å². The van der Waals surface area contributed by atoms with Crippen LogP contribution in [0.4, 0.5) is 0 Å². The largest absolute Gasteiger partial charge is 0.496 e. The van der Waals surface area contributed by atoms with Gasteiger partial charge in [-0.1, -0.05) is 50.6 Å². The third kappa shape index (κ3) is 3.01. The van der Waals surface area contributed by atoms with Gasteiger partial charge < -0.3 is 4.74 Å². The summed E-state index contributed by atoms with van der Waals surface area (Å²) in [4.78, 5) is 12.5. The molecule has 2 nitrogen and oxygen atoms in total. The lowest BCUT2D eigenvalue weighted by molar-refractivity contribution is 0.0989. The molecule has 0 aliphatic heterocycles. The Morgan fingerprint density at radius 2 is 1.95 bits per heavy atom. The van der Waals surface area contributed by atoms with E-state index < -0.39 is 0 Å². The fraction of sp³-hybridized carbons (Fsp3) is 0.389. The Morgan fingerprint density at radius 1 is 1.25 bits per heavy atom. The van der Waals surface area contributed by atoms with Crippen molar-refractivity contribution in [3.63, 3.8) is 0 Å². The van der Waals surface area contributed by atoms with E-state index >= 15 is 0 Å². The predicted octanol–water partition coefficient (Wildman–Crippen LogP) is 4.57. The molecule has 0 radical (unpaired) electrons. The summed E-state index contributed by atoms with van der Waals surface area (Å²) >= 11 is 0. The highest BCUT2D eigenvalue weighted by atomic mass is 16.5. The first-order valence-electron chi connectivity index (χ1n) is 6.98. The van der Waals surface area contributed by atoms with Crippen molar-refractivity contribution >= 4 is 5.78 Å². The van der Waals surface area contributed by atoms with Gasteiger partial charge in [0.05, 0.1) is 12.7 Å². The maximum absolute atomic E-state index is 12.5. The molecule has 106 valence electrons. The van der Waals surface area contributed by atoms with Crippen LogP contribution in [0.15, 0.2) is 47.6 Å². The Labute approximate surface area is 121 Å². The highest BCUT2D eigenvalue weighted by Gasteiger charge is 2.23. The van der Waals surface area contributed by atoms with Crippen molar-refractivity contribution in [2.45, 2.75) is 33.6 Å². The van der Waals surface area contributed by atoms with E-state index in [0.717, 1.165) is 6.42 Å². The second kappa shape index (κ2) is 5.66. The molecule has 0 fully saturated rings. The molecule has 1 aromatic carbocycles. The van der Waals surface area contributed by atoms with E-state index in [-0.39, 0.29) is 11.2 Å². The van der Waals surface area contributed by atoms with Crippen LogP contribution in [0.3, 0.4) is 0 Å². The molecule has 0 N–H and O–H groups in total. The van der Waals surface area contributed by atoms with E-state index in [9.17, 15) is 4.79 Å². The second-order valence-corrected chi connectivity index (χ2v) is 6.17. The zero-order valence-corrected chi connectivity index (χ0v) is 12.7. The molecular formula is C18H22O2. The van der Waals surface area contributed by atoms with Gasteiger partial charge in [-0.3, -0.25) is 4.79 Å². The average Bonchev–Trinajstić information content (AvgIpc) is 2.86. The zero-order chi connectivity index (χ0) is 14.8. The summed E-state index contributed by atoms with van der Waals surface area (Å²) in [5.74, 6) is 0.782. The van der Waals surface area contributed by atoms with Crippen LogP contribution in [-0.2, 0) is 0 Å². The van der Waals surface area contributed by atoms with Crippen LogP contribution in [0.1, 0.15) is 44.0 Å². The molecule has 0 bridgehead atoms. The number of ether oxygens (including phenoxy) is 1. The van der Waals surface area contributed by atoms with Gasteiger partial charge in [0, 0.05) is 6.42 Å². The van der Waals surface area contributed by atoms with Crippen molar-refractivity contribution in [3.8, 4) is 5.75 Å². The summed E-state index contributed by atoms with van der Waals surface area (Å²) in [5, 5.41) is 0. The van der Waals surface area contributed by atoms with Crippen LogP contribution >= 0.6 is 0 Å². The van der Waals surface area contributed by atoms with E-state index in [0.29, 0.717) is 17.7 Å². The number of methoxy groups -OCH3 is 1. The van der Waals surface area contributed by atoms with Gasteiger partial charge in [0.2, 0.25) is 0 Å². The van der Waals surface area contributed by atoms with Crippen molar-refractivity contribution in [1.29, 1.82) is 0 Å². The van der Waals surface area contributed by atoms with Crippen molar-refractivity contribution in [2.24, 2.45) is 5.41 Å². The first-order chi connectivity index (χ1) is 9.43. The quantitative estimate of drug-likeness (QED) is 0.749. The molecular weight excluding hydrogens is 248 g/mol. The molecule has 1 aliphatic rings. The van der Waals surface area contributed by atoms with Crippen LogP contribution in [0.2, 0.25) is 0 Å². The number of ketones is 1. The summed E-state index contributed by atoms with van der Waals surface area (Å²) in [6.45, 7) is 6.56. The summed E-state index contributed by atoms with van der Waals surface area (Å²) in [6, 6.07) is 7.42. The Morgan fingerprint density at radius 3 is 2.60 bits per heavy atom. The number of para-hydroxylation sites is 1. The minimum atomic E-state index is 0.0867. The molecule has 2 rings (SSSR count). The topological polar surface area (TPSA) is 26.3 Å². The molecule has 2 heteroatoms. The molecule has 0 atom stereocenters. The van der Waals surface area contributed by atoms with Crippen LogP contribution in [0, 0.1) is 5.41 Å². The highest BCUT2D eigenvalue weighted by Crippen LogP contribution is 2.36. The number of benzene rings is 1. The lowest BCUT2D eigenvalue weighted by Crippen LogP contribution is -2.11. The number of hydrogen-bond donors (Lipinski definition) is 0. The maximum Gasteiger partial charge on any atom is 0.170 e. The maximum atomic E-state index is 12.5. The van der Waals surface area contributed by atoms with E-state index in [1.807, 2.05) is 24.3 Å². The highest BCUT2D eigenvalue weighted by molar-refractivity contribution is 6.00.